The fourth-order valence-corrected chi connectivity index (χ4v) is 5.13. The molecule has 0 bridgehead atoms. The zero-order valence-electron chi connectivity index (χ0n) is 22.7. The van der Waals surface area contributed by atoms with Crippen LogP contribution in [0.1, 0.15) is 31.9 Å². The zero-order valence-corrected chi connectivity index (χ0v) is 23.5. The lowest BCUT2D eigenvalue weighted by Gasteiger charge is -2.19. The van der Waals surface area contributed by atoms with Gasteiger partial charge in [0.25, 0.3) is 0 Å². The Morgan fingerprint density at radius 1 is 0.795 bits per heavy atom. The third-order valence-corrected chi connectivity index (χ3v) is 7.48. The van der Waals surface area contributed by atoms with Crippen LogP contribution in [0.2, 0.25) is 0 Å². The van der Waals surface area contributed by atoms with Crippen molar-refractivity contribution in [3.8, 4) is 28.2 Å². The quantitative estimate of drug-likeness (QED) is 0.216. The number of carbonyl (C=O) groups excluding carboxylic acids is 1. The van der Waals surface area contributed by atoms with Crippen molar-refractivity contribution in [2.45, 2.75) is 38.3 Å². The molecule has 0 saturated carbocycles. The summed E-state index contributed by atoms with van der Waals surface area (Å²) in [5.41, 5.74) is 7.26. The average Bonchev–Trinajstić information content (AvgIpc) is 3.37. The molecule has 6 heteroatoms. The van der Waals surface area contributed by atoms with Gasteiger partial charge in [0.05, 0.1) is 5.75 Å². The highest BCUT2D eigenvalue weighted by atomic mass is 32.2. The fourth-order valence-electron chi connectivity index (χ4n) is 4.37. The van der Waals surface area contributed by atoms with E-state index in [0.717, 1.165) is 33.9 Å². The molecule has 1 aromatic heterocycles. The Morgan fingerprint density at radius 3 is 2.15 bits per heavy atom. The molecule has 0 aliphatic heterocycles. The fraction of sp³-hybridized carbons (Fsp3) is 0.182. The summed E-state index contributed by atoms with van der Waals surface area (Å²) in [4.78, 5) is 13.1. The van der Waals surface area contributed by atoms with Gasteiger partial charge in [-0.25, -0.2) is 0 Å². The second-order valence-electron chi connectivity index (χ2n) is 10.6. The van der Waals surface area contributed by atoms with Gasteiger partial charge in [-0.3, -0.25) is 9.36 Å². The maximum absolute atomic E-state index is 13.1. The van der Waals surface area contributed by atoms with E-state index in [0.29, 0.717) is 5.16 Å². The third-order valence-electron chi connectivity index (χ3n) is 6.55. The minimum absolute atomic E-state index is 0.0661. The smallest absolute Gasteiger partial charge is 0.234 e. The van der Waals surface area contributed by atoms with Crippen molar-refractivity contribution < 1.29 is 4.79 Å². The lowest BCUT2D eigenvalue weighted by atomic mass is 9.87. The number of para-hydroxylation sites is 1. The lowest BCUT2D eigenvalue weighted by molar-refractivity contribution is -0.113. The summed E-state index contributed by atoms with van der Waals surface area (Å²) in [6.07, 6.45) is 0. The van der Waals surface area contributed by atoms with E-state index in [2.05, 4.69) is 91.7 Å². The number of thioether (sulfide) groups is 1. The highest BCUT2D eigenvalue weighted by molar-refractivity contribution is 7.99. The predicted molar refractivity (Wildman–Crippen MR) is 161 cm³/mol. The first-order valence-electron chi connectivity index (χ1n) is 13.0. The summed E-state index contributed by atoms with van der Waals surface area (Å²) in [6.45, 7) is 8.67. The summed E-state index contributed by atoms with van der Waals surface area (Å²) in [7, 11) is 0. The van der Waals surface area contributed by atoms with Crippen molar-refractivity contribution in [3.05, 3.63) is 114 Å². The number of carbonyl (C=O) groups is 1. The second kappa shape index (κ2) is 11.3. The molecule has 1 heterocycles. The van der Waals surface area contributed by atoms with E-state index < -0.39 is 0 Å². The molecule has 0 aliphatic carbocycles. The van der Waals surface area contributed by atoms with Crippen LogP contribution >= 0.6 is 11.8 Å². The molecule has 0 unspecified atom stereocenters. The van der Waals surface area contributed by atoms with E-state index in [1.807, 2.05) is 59.2 Å². The molecule has 0 fully saturated rings. The Morgan fingerprint density at radius 2 is 1.46 bits per heavy atom. The van der Waals surface area contributed by atoms with Crippen LogP contribution in [0.3, 0.4) is 0 Å². The molecular weight excluding hydrogens is 500 g/mol. The van der Waals surface area contributed by atoms with Crippen LogP contribution in [0.25, 0.3) is 28.2 Å². The number of amides is 1. The number of aryl methyl sites for hydroxylation is 1. The molecule has 0 aliphatic rings. The summed E-state index contributed by atoms with van der Waals surface area (Å²) in [5, 5.41) is 12.8. The monoisotopic (exact) mass is 532 g/mol. The standard InChI is InChI=1S/C33H32N4OS/c1-23-14-20-27(21-15-23)37-31(25-16-18-26(19-17-25)33(2,3)4)35-36-32(37)39-22-30(38)34-29-13-9-8-12-28(29)24-10-6-5-7-11-24/h5-21H,22H2,1-4H3,(H,34,38). The van der Waals surface area contributed by atoms with Crippen LogP contribution in [0.15, 0.2) is 108 Å². The lowest BCUT2D eigenvalue weighted by Crippen LogP contribution is -2.15. The molecule has 1 amide bonds. The summed E-state index contributed by atoms with van der Waals surface area (Å²) in [6, 6.07) is 34.7. The van der Waals surface area contributed by atoms with Crippen LogP contribution < -0.4 is 5.32 Å². The number of hydrogen-bond acceptors (Lipinski definition) is 4. The van der Waals surface area contributed by atoms with Crippen molar-refractivity contribution in [2.24, 2.45) is 0 Å². The Hall–Kier alpha value is -4.16. The molecule has 0 atom stereocenters. The second-order valence-corrected chi connectivity index (χ2v) is 11.5. The molecule has 0 saturated heterocycles. The van der Waals surface area contributed by atoms with Gasteiger partial charge in [0, 0.05) is 22.5 Å². The minimum Gasteiger partial charge on any atom is -0.325 e. The number of benzene rings is 4. The van der Waals surface area contributed by atoms with Crippen LogP contribution in [0.5, 0.6) is 0 Å². The van der Waals surface area contributed by atoms with Gasteiger partial charge < -0.3 is 5.32 Å². The molecule has 5 nitrogen and oxygen atoms in total. The minimum atomic E-state index is -0.0992. The first kappa shape index (κ1) is 26.4. The molecule has 0 spiro atoms. The van der Waals surface area contributed by atoms with Crippen molar-refractivity contribution in [2.75, 3.05) is 11.1 Å². The molecule has 4 aromatic carbocycles. The van der Waals surface area contributed by atoms with Crippen molar-refractivity contribution >= 4 is 23.4 Å². The molecule has 39 heavy (non-hydrogen) atoms. The Labute approximate surface area is 234 Å². The Kier molecular flexibility index (Phi) is 7.66. The van der Waals surface area contributed by atoms with E-state index in [1.165, 1.54) is 22.9 Å². The molecule has 0 radical (unpaired) electrons. The topological polar surface area (TPSA) is 59.8 Å². The third kappa shape index (κ3) is 6.13. The van der Waals surface area contributed by atoms with Crippen LogP contribution in [-0.2, 0) is 10.2 Å². The van der Waals surface area contributed by atoms with Gasteiger partial charge >= 0.3 is 0 Å². The van der Waals surface area contributed by atoms with Gasteiger partial charge in [-0.2, -0.15) is 0 Å². The summed E-state index contributed by atoms with van der Waals surface area (Å²) >= 11 is 1.38. The molecule has 196 valence electrons. The maximum atomic E-state index is 13.1. The van der Waals surface area contributed by atoms with Crippen LogP contribution in [-0.4, -0.2) is 26.4 Å². The van der Waals surface area contributed by atoms with Gasteiger partial charge in [-0.1, -0.05) is 123 Å². The van der Waals surface area contributed by atoms with Crippen molar-refractivity contribution in [3.63, 3.8) is 0 Å². The van der Waals surface area contributed by atoms with Gasteiger partial charge in [-0.05, 0) is 41.7 Å². The van der Waals surface area contributed by atoms with E-state index in [1.54, 1.807) is 0 Å². The number of aromatic nitrogens is 3. The normalized spacial score (nSPS) is 11.4. The molecule has 1 N–H and O–H groups in total. The summed E-state index contributed by atoms with van der Waals surface area (Å²) < 4.78 is 2.03. The van der Waals surface area contributed by atoms with E-state index in [4.69, 9.17) is 0 Å². The summed E-state index contributed by atoms with van der Waals surface area (Å²) in [5.74, 6) is 0.852. The number of anilines is 1. The van der Waals surface area contributed by atoms with E-state index >= 15 is 0 Å². The van der Waals surface area contributed by atoms with Crippen LogP contribution in [0, 0.1) is 6.92 Å². The first-order valence-corrected chi connectivity index (χ1v) is 14.0. The Bertz CT molecular complexity index is 1570. The predicted octanol–water partition coefficient (Wildman–Crippen LogP) is 7.94. The zero-order chi connectivity index (χ0) is 27.4. The van der Waals surface area contributed by atoms with Gasteiger partial charge in [0.15, 0.2) is 11.0 Å². The van der Waals surface area contributed by atoms with Crippen molar-refractivity contribution in [1.29, 1.82) is 0 Å². The van der Waals surface area contributed by atoms with E-state index in [-0.39, 0.29) is 17.1 Å². The first-order chi connectivity index (χ1) is 18.8. The highest BCUT2D eigenvalue weighted by Crippen LogP contribution is 2.31. The number of nitrogens with one attached hydrogen (secondary N) is 1. The largest absolute Gasteiger partial charge is 0.325 e. The average molecular weight is 533 g/mol. The number of rotatable bonds is 7. The van der Waals surface area contributed by atoms with E-state index in [9.17, 15) is 4.79 Å². The SMILES string of the molecule is Cc1ccc(-n2c(SCC(=O)Nc3ccccc3-c3ccccc3)nnc2-c2ccc(C(C)(C)C)cc2)cc1. The Balaban J connectivity index is 1.40. The molecule has 5 aromatic rings. The maximum Gasteiger partial charge on any atom is 0.234 e. The highest BCUT2D eigenvalue weighted by Gasteiger charge is 2.19. The van der Waals surface area contributed by atoms with Crippen LogP contribution in [0.4, 0.5) is 5.69 Å². The van der Waals surface area contributed by atoms with Gasteiger partial charge in [0.1, 0.15) is 0 Å². The van der Waals surface area contributed by atoms with Gasteiger partial charge in [-0.15, -0.1) is 10.2 Å². The number of nitrogens with zero attached hydrogens (tertiary/aromatic N) is 3. The number of hydrogen-bond donors (Lipinski definition) is 1. The molecule has 5 rings (SSSR count). The molecular formula is C33H32N4OS. The van der Waals surface area contributed by atoms with Crippen molar-refractivity contribution in [1.82, 2.24) is 14.8 Å². The van der Waals surface area contributed by atoms with Gasteiger partial charge in [0.2, 0.25) is 5.91 Å².